The van der Waals surface area contributed by atoms with E-state index in [1.807, 2.05) is 0 Å². The molecule has 3 rings (SSSR count). The fourth-order valence-electron chi connectivity index (χ4n) is 4.13. The van der Waals surface area contributed by atoms with Gasteiger partial charge in [0.2, 0.25) is 0 Å². The Labute approximate surface area is 129 Å². The molecule has 1 unspecified atom stereocenters. The van der Waals surface area contributed by atoms with Crippen molar-refractivity contribution < 1.29 is 4.74 Å². The predicted molar refractivity (Wildman–Crippen MR) is 87.9 cm³/mol. The maximum Gasteiger partial charge on any atom is 0.127 e. The van der Waals surface area contributed by atoms with Gasteiger partial charge in [-0.15, -0.1) is 0 Å². The third-order valence-corrected chi connectivity index (χ3v) is 5.23. The second-order valence-corrected chi connectivity index (χ2v) is 6.66. The molecule has 0 amide bonds. The van der Waals surface area contributed by atoms with Crippen LogP contribution in [0.15, 0.2) is 18.2 Å². The molecular weight excluding hydrogens is 258 g/mol. The lowest BCUT2D eigenvalue weighted by atomic mass is 9.82. The van der Waals surface area contributed by atoms with E-state index in [1.54, 1.807) is 0 Å². The summed E-state index contributed by atoms with van der Waals surface area (Å²) in [5, 5.41) is 3.61. The van der Waals surface area contributed by atoms with Gasteiger partial charge in [-0.3, -0.25) is 0 Å². The maximum absolute atomic E-state index is 6.04. The van der Waals surface area contributed by atoms with Gasteiger partial charge in [0.1, 0.15) is 5.75 Å². The van der Waals surface area contributed by atoms with Crippen molar-refractivity contribution in [1.29, 1.82) is 0 Å². The molecule has 1 atom stereocenters. The van der Waals surface area contributed by atoms with Gasteiger partial charge in [-0.2, -0.15) is 0 Å². The molecule has 21 heavy (non-hydrogen) atoms. The van der Waals surface area contributed by atoms with Crippen molar-refractivity contribution in [1.82, 2.24) is 5.32 Å². The van der Waals surface area contributed by atoms with Gasteiger partial charge in [0, 0.05) is 11.6 Å². The Kier molecular flexibility index (Phi) is 5.18. The van der Waals surface area contributed by atoms with E-state index in [4.69, 9.17) is 4.74 Å². The van der Waals surface area contributed by atoms with E-state index in [1.165, 1.54) is 68.2 Å². The average molecular weight is 287 g/mol. The van der Waals surface area contributed by atoms with Crippen LogP contribution in [0.2, 0.25) is 0 Å². The molecule has 1 aromatic carbocycles. The quantitative estimate of drug-likeness (QED) is 0.875. The molecule has 1 N–H and O–H groups in total. The summed E-state index contributed by atoms with van der Waals surface area (Å²) < 4.78 is 6.04. The molecule has 1 aliphatic heterocycles. The first-order valence-electron chi connectivity index (χ1n) is 8.82. The number of aryl methyl sites for hydroxylation is 1. The van der Waals surface area contributed by atoms with Crippen LogP contribution in [0.1, 0.15) is 68.5 Å². The SMILES string of the molecule is CNC(c1cccc2c1OCCC2)C1CCCCCCC1. The predicted octanol–water partition coefficient (Wildman–Crippen LogP) is 4.63. The van der Waals surface area contributed by atoms with Gasteiger partial charge < -0.3 is 10.1 Å². The molecule has 1 aromatic rings. The molecule has 2 heteroatoms. The van der Waals surface area contributed by atoms with Crippen LogP contribution in [0.5, 0.6) is 5.75 Å². The van der Waals surface area contributed by atoms with E-state index in [0.717, 1.165) is 18.9 Å². The van der Waals surface area contributed by atoms with Gasteiger partial charge in [-0.1, -0.05) is 50.3 Å². The summed E-state index contributed by atoms with van der Waals surface area (Å²) in [4.78, 5) is 0. The highest BCUT2D eigenvalue weighted by Gasteiger charge is 2.26. The monoisotopic (exact) mass is 287 g/mol. The summed E-state index contributed by atoms with van der Waals surface area (Å²) in [6, 6.07) is 7.19. The molecule has 2 aliphatic rings. The molecule has 116 valence electrons. The fourth-order valence-corrected chi connectivity index (χ4v) is 4.13. The Balaban J connectivity index is 1.85. The number of para-hydroxylation sites is 1. The minimum atomic E-state index is 0.455. The molecular formula is C19H29NO. The molecule has 0 bridgehead atoms. The standard InChI is InChI=1S/C19H29NO/c1-20-18(15-9-5-3-2-4-6-10-15)17-13-7-11-16-12-8-14-21-19(16)17/h7,11,13,15,18,20H,2-6,8-10,12,14H2,1H3. The molecule has 1 heterocycles. The lowest BCUT2D eigenvalue weighted by Crippen LogP contribution is -2.27. The zero-order chi connectivity index (χ0) is 14.5. The second kappa shape index (κ2) is 7.31. The number of nitrogens with one attached hydrogen (secondary N) is 1. The van der Waals surface area contributed by atoms with Crippen molar-refractivity contribution in [3.8, 4) is 5.75 Å². The first-order chi connectivity index (χ1) is 10.4. The molecule has 1 fully saturated rings. The minimum Gasteiger partial charge on any atom is -0.493 e. The molecule has 0 aromatic heterocycles. The van der Waals surface area contributed by atoms with Crippen molar-refractivity contribution >= 4 is 0 Å². The number of ether oxygens (including phenoxy) is 1. The van der Waals surface area contributed by atoms with Crippen LogP contribution in [-0.4, -0.2) is 13.7 Å². The lowest BCUT2D eigenvalue weighted by molar-refractivity contribution is 0.262. The molecule has 1 saturated carbocycles. The van der Waals surface area contributed by atoms with Crippen LogP contribution in [0.4, 0.5) is 0 Å². The summed E-state index contributed by atoms with van der Waals surface area (Å²) in [6.07, 6.45) is 12.1. The Morgan fingerprint density at radius 3 is 2.57 bits per heavy atom. The van der Waals surface area contributed by atoms with E-state index in [0.29, 0.717) is 6.04 Å². The van der Waals surface area contributed by atoms with Gasteiger partial charge in [-0.05, 0) is 44.2 Å². The Bertz CT molecular complexity index is 449. The smallest absolute Gasteiger partial charge is 0.127 e. The normalized spacial score (nSPS) is 21.8. The van der Waals surface area contributed by atoms with Crippen LogP contribution in [0.3, 0.4) is 0 Å². The number of hydrogen-bond acceptors (Lipinski definition) is 2. The Hall–Kier alpha value is -1.02. The minimum absolute atomic E-state index is 0.455. The Morgan fingerprint density at radius 1 is 1.05 bits per heavy atom. The fraction of sp³-hybridized carbons (Fsp3) is 0.684. The topological polar surface area (TPSA) is 21.3 Å². The van der Waals surface area contributed by atoms with Gasteiger partial charge in [0.25, 0.3) is 0 Å². The van der Waals surface area contributed by atoms with Crippen molar-refractivity contribution in [3.63, 3.8) is 0 Å². The number of benzene rings is 1. The van der Waals surface area contributed by atoms with Crippen LogP contribution in [0, 0.1) is 5.92 Å². The van der Waals surface area contributed by atoms with Crippen LogP contribution >= 0.6 is 0 Å². The van der Waals surface area contributed by atoms with Crippen LogP contribution < -0.4 is 10.1 Å². The zero-order valence-corrected chi connectivity index (χ0v) is 13.4. The molecule has 2 nitrogen and oxygen atoms in total. The summed E-state index contributed by atoms with van der Waals surface area (Å²) in [5.41, 5.74) is 2.81. The molecule has 0 saturated heterocycles. The van der Waals surface area contributed by atoms with Gasteiger partial charge in [0.15, 0.2) is 0 Å². The van der Waals surface area contributed by atoms with Crippen molar-refractivity contribution in [2.24, 2.45) is 5.92 Å². The van der Waals surface area contributed by atoms with Crippen molar-refractivity contribution in [2.75, 3.05) is 13.7 Å². The number of rotatable bonds is 3. The largest absolute Gasteiger partial charge is 0.493 e. The maximum atomic E-state index is 6.04. The second-order valence-electron chi connectivity index (χ2n) is 6.66. The molecule has 0 radical (unpaired) electrons. The third-order valence-electron chi connectivity index (χ3n) is 5.23. The summed E-state index contributed by atoms with van der Waals surface area (Å²) in [7, 11) is 2.12. The summed E-state index contributed by atoms with van der Waals surface area (Å²) >= 11 is 0. The average Bonchev–Trinajstić information content (AvgIpc) is 2.50. The van der Waals surface area contributed by atoms with Crippen LogP contribution in [-0.2, 0) is 6.42 Å². The summed E-state index contributed by atoms with van der Waals surface area (Å²) in [5.74, 6) is 1.94. The number of fused-ring (bicyclic) bond motifs is 1. The third kappa shape index (κ3) is 3.42. The lowest BCUT2D eigenvalue weighted by Gasteiger charge is -2.31. The van der Waals surface area contributed by atoms with E-state index in [-0.39, 0.29) is 0 Å². The highest BCUT2D eigenvalue weighted by molar-refractivity contribution is 5.44. The summed E-state index contributed by atoms with van der Waals surface area (Å²) in [6.45, 7) is 0.880. The Morgan fingerprint density at radius 2 is 1.81 bits per heavy atom. The van der Waals surface area contributed by atoms with Crippen LogP contribution in [0.25, 0.3) is 0 Å². The molecule has 1 aliphatic carbocycles. The van der Waals surface area contributed by atoms with Crippen molar-refractivity contribution in [3.05, 3.63) is 29.3 Å². The van der Waals surface area contributed by atoms with E-state index in [2.05, 4.69) is 30.6 Å². The number of hydrogen-bond donors (Lipinski definition) is 1. The van der Waals surface area contributed by atoms with E-state index in [9.17, 15) is 0 Å². The van der Waals surface area contributed by atoms with Gasteiger partial charge in [-0.25, -0.2) is 0 Å². The zero-order valence-electron chi connectivity index (χ0n) is 13.4. The van der Waals surface area contributed by atoms with E-state index < -0.39 is 0 Å². The van der Waals surface area contributed by atoms with Crippen molar-refractivity contribution in [2.45, 2.75) is 63.8 Å². The van der Waals surface area contributed by atoms with Gasteiger partial charge in [0.05, 0.1) is 6.61 Å². The van der Waals surface area contributed by atoms with Gasteiger partial charge >= 0.3 is 0 Å². The highest BCUT2D eigenvalue weighted by Crippen LogP contribution is 2.39. The molecule has 0 spiro atoms. The highest BCUT2D eigenvalue weighted by atomic mass is 16.5. The van der Waals surface area contributed by atoms with E-state index >= 15 is 0 Å². The first-order valence-corrected chi connectivity index (χ1v) is 8.82. The first kappa shape index (κ1) is 14.9.